The number of β-amino-alcohol motifs (C(OH)–C–C–N with tert-alkyl or cyclic N) is 1. The van der Waals surface area contributed by atoms with E-state index in [-0.39, 0.29) is 22.9 Å². The first kappa shape index (κ1) is 20.4. The molecule has 0 aromatic heterocycles. The quantitative estimate of drug-likeness (QED) is 0.444. The fraction of sp³-hybridized carbons (Fsp3) is 0.238. The van der Waals surface area contributed by atoms with E-state index in [1.807, 2.05) is 6.92 Å². The fourth-order valence-corrected chi connectivity index (χ4v) is 3.78. The Morgan fingerprint density at radius 2 is 1.79 bits per heavy atom. The molecule has 28 heavy (non-hydrogen) atoms. The van der Waals surface area contributed by atoms with Crippen molar-refractivity contribution in [3.63, 3.8) is 0 Å². The summed E-state index contributed by atoms with van der Waals surface area (Å²) in [4.78, 5) is 26.7. The number of carbonyl (C=O) groups is 2. The molecular weight excluding hydrogens is 401 g/mol. The van der Waals surface area contributed by atoms with Crippen molar-refractivity contribution in [3.8, 4) is 0 Å². The summed E-state index contributed by atoms with van der Waals surface area (Å²) in [6, 6.07) is 10.7. The smallest absolute Gasteiger partial charge is 0.295 e. The highest BCUT2D eigenvalue weighted by Crippen LogP contribution is 2.42. The zero-order valence-corrected chi connectivity index (χ0v) is 16.8. The molecule has 2 unspecified atom stereocenters. The van der Waals surface area contributed by atoms with Crippen LogP contribution in [0.2, 0.25) is 10.0 Å². The number of nitrogens with zero attached hydrogens (tertiary/aromatic N) is 1. The molecule has 0 radical (unpaired) electrons. The second-order valence-electron chi connectivity index (χ2n) is 6.83. The first-order valence-corrected chi connectivity index (χ1v) is 9.44. The number of rotatable bonds is 4. The van der Waals surface area contributed by atoms with Crippen LogP contribution in [0.4, 0.5) is 0 Å². The monoisotopic (exact) mass is 419 g/mol. The maximum Gasteiger partial charge on any atom is 0.295 e. The van der Waals surface area contributed by atoms with E-state index in [0.717, 1.165) is 5.56 Å². The Kier molecular flexibility index (Phi) is 5.79. The van der Waals surface area contributed by atoms with Crippen molar-refractivity contribution in [2.24, 2.45) is 0 Å². The third-order valence-corrected chi connectivity index (χ3v) is 5.15. The van der Waals surface area contributed by atoms with Crippen molar-refractivity contribution >= 4 is 40.7 Å². The molecule has 146 valence electrons. The van der Waals surface area contributed by atoms with Gasteiger partial charge in [-0.05, 0) is 31.5 Å². The summed E-state index contributed by atoms with van der Waals surface area (Å²) in [6.07, 6.45) is -0.869. The maximum absolute atomic E-state index is 12.8. The van der Waals surface area contributed by atoms with E-state index >= 15 is 0 Å². The summed E-state index contributed by atoms with van der Waals surface area (Å²) in [5.41, 5.74) is 1.78. The highest BCUT2D eigenvalue weighted by Gasteiger charge is 2.47. The van der Waals surface area contributed by atoms with Gasteiger partial charge < -0.3 is 15.1 Å². The molecule has 7 heteroatoms. The van der Waals surface area contributed by atoms with Gasteiger partial charge in [-0.15, -0.1) is 0 Å². The van der Waals surface area contributed by atoms with Crippen LogP contribution in [0, 0.1) is 6.92 Å². The summed E-state index contributed by atoms with van der Waals surface area (Å²) >= 11 is 12.3. The Hall–Kier alpha value is -2.34. The molecule has 3 rings (SSSR count). The molecule has 1 fully saturated rings. The molecule has 0 aliphatic carbocycles. The maximum atomic E-state index is 12.8. The number of likely N-dealkylation sites (tertiary alicyclic amines) is 1. The highest BCUT2D eigenvalue weighted by molar-refractivity contribution is 6.47. The molecule has 1 aliphatic heterocycles. The van der Waals surface area contributed by atoms with Crippen LogP contribution in [0.5, 0.6) is 0 Å². The lowest BCUT2D eigenvalue weighted by atomic mass is 9.95. The van der Waals surface area contributed by atoms with E-state index in [4.69, 9.17) is 23.2 Å². The molecule has 1 heterocycles. The first-order valence-electron chi connectivity index (χ1n) is 8.69. The number of amides is 1. The number of ketones is 1. The molecule has 0 bridgehead atoms. The van der Waals surface area contributed by atoms with Gasteiger partial charge in [0.15, 0.2) is 0 Å². The zero-order chi connectivity index (χ0) is 20.6. The molecule has 0 spiro atoms. The van der Waals surface area contributed by atoms with Crippen molar-refractivity contribution < 1.29 is 19.8 Å². The Morgan fingerprint density at radius 3 is 2.36 bits per heavy atom. The Balaban J connectivity index is 2.22. The van der Waals surface area contributed by atoms with Crippen LogP contribution in [-0.2, 0) is 9.59 Å². The molecular formula is C21H19Cl2NO4. The van der Waals surface area contributed by atoms with Crippen molar-refractivity contribution in [2.45, 2.75) is 26.0 Å². The lowest BCUT2D eigenvalue weighted by molar-refractivity contribution is -0.140. The van der Waals surface area contributed by atoms with Crippen molar-refractivity contribution in [3.05, 3.63) is 74.8 Å². The molecule has 2 aromatic carbocycles. The third kappa shape index (κ3) is 3.78. The average Bonchev–Trinajstić information content (AvgIpc) is 2.86. The number of carbonyl (C=O) groups excluding carboxylic acids is 2. The van der Waals surface area contributed by atoms with E-state index in [1.165, 1.54) is 17.9 Å². The summed E-state index contributed by atoms with van der Waals surface area (Å²) in [5, 5.41) is 21.4. The predicted molar refractivity (Wildman–Crippen MR) is 108 cm³/mol. The van der Waals surface area contributed by atoms with E-state index in [0.29, 0.717) is 16.1 Å². The average molecular weight is 420 g/mol. The van der Waals surface area contributed by atoms with E-state index in [9.17, 15) is 19.8 Å². The van der Waals surface area contributed by atoms with Crippen molar-refractivity contribution in [2.75, 3.05) is 6.54 Å². The Labute approximate surface area is 172 Å². The molecule has 2 atom stereocenters. The second kappa shape index (κ2) is 7.95. The first-order chi connectivity index (χ1) is 13.2. The van der Waals surface area contributed by atoms with Crippen LogP contribution in [0.15, 0.2) is 48.0 Å². The molecule has 0 saturated carbocycles. The van der Waals surface area contributed by atoms with Gasteiger partial charge >= 0.3 is 0 Å². The van der Waals surface area contributed by atoms with Crippen LogP contribution in [0.3, 0.4) is 0 Å². The van der Waals surface area contributed by atoms with Gasteiger partial charge in [0.2, 0.25) is 0 Å². The van der Waals surface area contributed by atoms with Crippen molar-refractivity contribution in [1.82, 2.24) is 4.90 Å². The second-order valence-corrected chi connectivity index (χ2v) is 7.68. The van der Waals surface area contributed by atoms with Crippen LogP contribution in [0.25, 0.3) is 5.76 Å². The molecule has 1 amide bonds. The minimum Gasteiger partial charge on any atom is -0.507 e. The number of aliphatic hydroxyl groups excluding tert-OH is 2. The van der Waals surface area contributed by atoms with Gasteiger partial charge in [0.25, 0.3) is 11.7 Å². The molecule has 1 aliphatic rings. The minimum atomic E-state index is -0.930. The van der Waals surface area contributed by atoms with Gasteiger partial charge in [0.1, 0.15) is 5.76 Å². The van der Waals surface area contributed by atoms with Crippen LogP contribution in [0.1, 0.15) is 29.7 Å². The van der Waals surface area contributed by atoms with E-state index in [2.05, 4.69) is 0 Å². The van der Waals surface area contributed by atoms with Crippen LogP contribution in [-0.4, -0.2) is 39.5 Å². The summed E-state index contributed by atoms with van der Waals surface area (Å²) < 4.78 is 0. The number of aliphatic hydroxyl groups is 2. The van der Waals surface area contributed by atoms with Gasteiger partial charge in [-0.1, -0.05) is 59.1 Å². The van der Waals surface area contributed by atoms with Gasteiger partial charge in [-0.3, -0.25) is 9.59 Å². The van der Waals surface area contributed by atoms with Crippen LogP contribution < -0.4 is 0 Å². The molecule has 2 aromatic rings. The third-order valence-electron chi connectivity index (χ3n) is 4.58. The molecule has 5 nitrogen and oxygen atoms in total. The van der Waals surface area contributed by atoms with E-state index in [1.54, 1.807) is 36.4 Å². The largest absolute Gasteiger partial charge is 0.507 e. The fourth-order valence-electron chi connectivity index (χ4n) is 3.27. The summed E-state index contributed by atoms with van der Waals surface area (Å²) in [6.45, 7) is 3.33. The normalized spacial score (nSPS) is 19.9. The Bertz CT molecular complexity index is 967. The zero-order valence-electron chi connectivity index (χ0n) is 15.3. The van der Waals surface area contributed by atoms with Gasteiger partial charge in [0, 0.05) is 22.2 Å². The number of hydrogen-bond acceptors (Lipinski definition) is 4. The van der Waals surface area contributed by atoms with Crippen LogP contribution >= 0.6 is 23.2 Å². The number of halogens is 2. The lowest BCUT2D eigenvalue weighted by Gasteiger charge is -2.27. The summed E-state index contributed by atoms with van der Waals surface area (Å²) in [7, 11) is 0. The number of benzene rings is 2. The van der Waals surface area contributed by atoms with Crippen molar-refractivity contribution in [1.29, 1.82) is 0 Å². The predicted octanol–water partition coefficient (Wildman–Crippen LogP) is 4.10. The lowest BCUT2D eigenvalue weighted by Crippen LogP contribution is -2.35. The SMILES string of the molecule is Cc1ccc(C(O)=C2C(=O)C(=O)N(CC(C)O)C2c2ccc(Cl)cc2Cl)cc1. The number of hydrogen-bond donors (Lipinski definition) is 2. The van der Waals surface area contributed by atoms with Gasteiger partial charge in [-0.25, -0.2) is 0 Å². The number of aryl methyl sites for hydroxylation is 1. The minimum absolute atomic E-state index is 0.0706. The molecule has 1 saturated heterocycles. The van der Waals surface area contributed by atoms with Gasteiger partial charge in [-0.2, -0.15) is 0 Å². The molecule has 2 N–H and O–H groups in total. The van der Waals surface area contributed by atoms with Gasteiger partial charge in [0.05, 0.1) is 17.7 Å². The highest BCUT2D eigenvalue weighted by atomic mass is 35.5. The standard InChI is InChI=1S/C21H19Cl2NO4/c1-11-3-5-13(6-4-11)19(26)17-18(15-8-7-14(22)9-16(15)23)24(10-12(2)25)21(28)20(17)27/h3-9,12,18,25-26H,10H2,1-2H3. The summed E-state index contributed by atoms with van der Waals surface area (Å²) in [5.74, 6) is -1.91. The Morgan fingerprint density at radius 1 is 1.14 bits per heavy atom. The number of Topliss-reactive ketones (excluding diaryl/α,β-unsaturated/α-hetero) is 1. The topological polar surface area (TPSA) is 77.8 Å². The van der Waals surface area contributed by atoms with E-state index < -0.39 is 23.8 Å².